The lowest BCUT2D eigenvalue weighted by Crippen LogP contribution is -2.47. The van der Waals surface area contributed by atoms with Crippen molar-refractivity contribution < 1.29 is 4.92 Å². The van der Waals surface area contributed by atoms with Gasteiger partial charge in [-0.2, -0.15) is 5.10 Å². The molecule has 0 spiro atoms. The van der Waals surface area contributed by atoms with Gasteiger partial charge in [-0.1, -0.05) is 18.2 Å². The Kier molecular flexibility index (Phi) is 5.08. The fourth-order valence-corrected chi connectivity index (χ4v) is 4.26. The fourth-order valence-electron chi connectivity index (χ4n) is 4.26. The van der Waals surface area contributed by atoms with E-state index in [-0.39, 0.29) is 17.8 Å². The first kappa shape index (κ1) is 20.2. The van der Waals surface area contributed by atoms with Crippen molar-refractivity contribution in [2.45, 2.75) is 50.6 Å². The molecule has 9 heteroatoms. The first-order chi connectivity index (χ1) is 15.5. The van der Waals surface area contributed by atoms with Crippen molar-refractivity contribution in [2.75, 3.05) is 0 Å². The second kappa shape index (κ2) is 8.07. The Morgan fingerprint density at radius 2 is 1.62 bits per heavy atom. The molecule has 0 atom stereocenters. The first-order valence-electron chi connectivity index (χ1n) is 10.9. The van der Waals surface area contributed by atoms with Gasteiger partial charge in [0.15, 0.2) is 0 Å². The minimum atomic E-state index is -0.806. The molecule has 32 heavy (non-hydrogen) atoms. The predicted molar refractivity (Wildman–Crippen MR) is 120 cm³/mol. The molecule has 0 saturated heterocycles. The standard InChI is InChI=1S/C23H23N5O4/c29-22-21(28(31)32)20(13-12-16-14-24-25(15-16)17-6-2-1-3-7-17)26(18-8-4-9-18)23(30)27(22)19-10-5-11-19/h1-3,6-7,12-15,18-19H,4-5,8-11H2. The summed E-state index contributed by atoms with van der Waals surface area (Å²) in [5.41, 5.74) is -0.117. The van der Waals surface area contributed by atoms with Crippen LogP contribution in [0, 0.1) is 10.1 Å². The van der Waals surface area contributed by atoms with Crippen molar-refractivity contribution in [1.82, 2.24) is 18.9 Å². The third-order valence-corrected chi connectivity index (χ3v) is 6.45. The van der Waals surface area contributed by atoms with Crippen molar-refractivity contribution in [1.29, 1.82) is 0 Å². The van der Waals surface area contributed by atoms with Gasteiger partial charge < -0.3 is 0 Å². The number of nitrogens with zero attached hydrogens (tertiary/aromatic N) is 5. The van der Waals surface area contributed by atoms with Gasteiger partial charge in [-0.25, -0.2) is 9.48 Å². The number of rotatable bonds is 6. The van der Waals surface area contributed by atoms with Gasteiger partial charge in [0.2, 0.25) is 0 Å². The van der Waals surface area contributed by atoms with E-state index in [1.807, 2.05) is 30.3 Å². The average Bonchev–Trinajstić information content (AvgIpc) is 3.18. The number of para-hydroxylation sites is 1. The zero-order valence-corrected chi connectivity index (χ0v) is 17.5. The molecule has 0 amide bonds. The molecule has 2 aromatic heterocycles. The Labute approximate surface area is 183 Å². The van der Waals surface area contributed by atoms with Crippen molar-refractivity contribution in [3.8, 4) is 5.69 Å². The summed E-state index contributed by atoms with van der Waals surface area (Å²) in [5, 5.41) is 16.3. The number of benzene rings is 1. The van der Waals surface area contributed by atoms with E-state index in [2.05, 4.69) is 5.10 Å². The lowest BCUT2D eigenvalue weighted by atomic mass is 9.91. The van der Waals surface area contributed by atoms with Crippen molar-refractivity contribution in [3.05, 3.63) is 84.9 Å². The van der Waals surface area contributed by atoms with Crippen molar-refractivity contribution in [2.24, 2.45) is 0 Å². The summed E-state index contributed by atoms with van der Waals surface area (Å²) >= 11 is 0. The fraction of sp³-hybridized carbons (Fsp3) is 0.348. The summed E-state index contributed by atoms with van der Waals surface area (Å²) in [6, 6.07) is 9.19. The first-order valence-corrected chi connectivity index (χ1v) is 10.9. The molecular formula is C23H23N5O4. The zero-order chi connectivity index (χ0) is 22.2. The SMILES string of the molecule is O=c1c([N+](=O)[O-])c(C=Cc2cnn(-c3ccccc3)c2)n(C2CCC2)c(=O)n1C1CCC1. The highest BCUT2D eigenvalue weighted by Gasteiger charge is 2.35. The average molecular weight is 433 g/mol. The van der Waals surface area contributed by atoms with Crippen LogP contribution in [0.2, 0.25) is 0 Å². The van der Waals surface area contributed by atoms with Gasteiger partial charge in [-0.15, -0.1) is 0 Å². The van der Waals surface area contributed by atoms with E-state index in [9.17, 15) is 19.7 Å². The summed E-state index contributed by atoms with van der Waals surface area (Å²) in [6.07, 6.45) is 11.4. The quantitative estimate of drug-likeness (QED) is 0.435. The molecule has 0 N–H and O–H groups in total. The lowest BCUT2D eigenvalue weighted by Gasteiger charge is -2.32. The Morgan fingerprint density at radius 1 is 0.969 bits per heavy atom. The molecule has 0 aliphatic heterocycles. The van der Waals surface area contributed by atoms with Crippen LogP contribution in [0.25, 0.3) is 17.8 Å². The highest BCUT2D eigenvalue weighted by molar-refractivity contribution is 5.71. The van der Waals surface area contributed by atoms with Gasteiger partial charge in [0.25, 0.3) is 0 Å². The molecule has 2 fully saturated rings. The van der Waals surface area contributed by atoms with E-state index in [4.69, 9.17) is 0 Å². The van der Waals surface area contributed by atoms with Crippen LogP contribution < -0.4 is 11.2 Å². The normalized spacial score (nSPS) is 16.8. The van der Waals surface area contributed by atoms with Gasteiger partial charge in [-0.05, 0) is 62.8 Å². The highest BCUT2D eigenvalue weighted by Crippen LogP contribution is 2.35. The van der Waals surface area contributed by atoms with Crippen LogP contribution in [0.4, 0.5) is 5.69 Å². The maximum Gasteiger partial charge on any atom is 0.357 e. The lowest BCUT2D eigenvalue weighted by molar-refractivity contribution is -0.387. The summed E-state index contributed by atoms with van der Waals surface area (Å²) < 4.78 is 4.28. The molecule has 9 nitrogen and oxygen atoms in total. The topological polar surface area (TPSA) is 105 Å². The summed E-state index contributed by atoms with van der Waals surface area (Å²) in [7, 11) is 0. The molecule has 5 rings (SSSR count). The van der Waals surface area contributed by atoms with E-state index in [0.29, 0.717) is 18.4 Å². The van der Waals surface area contributed by atoms with Gasteiger partial charge in [-0.3, -0.25) is 24.0 Å². The molecule has 164 valence electrons. The maximum absolute atomic E-state index is 13.3. The van der Waals surface area contributed by atoms with Crippen LogP contribution >= 0.6 is 0 Å². The Bertz CT molecular complexity index is 1310. The Hall–Kier alpha value is -3.75. The van der Waals surface area contributed by atoms with Crippen LogP contribution in [0.3, 0.4) is 0 Å². The van der Waals surface area contributed by atoms with Crippen LogP contribution in [-0.4, -0.2) is 23.8 Å². The molecule has 2 aliphatic rings. The molecular weight excluding hydrogens is 410 g/mol. The molecule has 3 aromatic rings. The van der Waals surface area contributed by atoms with Crippen LogP contribution in [0.15, 0.2) is 52.3 Å². The van der Waals surface area contributed by atoms with E-state index in [1.165, 1.54) is 10.6 Å². The van der Waals surface area contributed by atoms with Gasteiger partial charge in [0.05, 0.1) is 16.8 Å². The molecule has 2 saturated carbocycles. The number of aromatic nitrogens is 4. The van der Waals surface area contributed by atoms with E-state index < -0.39 is 21.9 Å². The maximum atomic E-state index is 13.3. The summed E-state index contributed by atoms with van der Waals surface area (Å²) in [4.78, 5) is 37.6. The van der Waals surface area contributed by atoms with Gasteiger partial charge in [0, 0.05) is 23.8 Å². The van der Waals surface area contributed by atoms with Crippen molar-refractivity contribution in [3.63, 3.8) is 0 Å². The van der Waals surface area contributed by atoms with Crippen molar-refractivity contribution >= 4 is 17.8 Å². The third kappa shape index (κ3) is 3.39. The third-order valence-electron chi connectivity index (χ3n) is 6.45. The highest BCUT2D eigenvalue weighted by atomic mass is 16.6. The second-order valence-corrected chi connectivity index (χ2v) is 8.38. The Morgan fingerprint density at radius 3 is 2.22 bits per heavy atom. The summed E-state index contributed by atoms with van der Waals surface area (Å²) in [6.45, 7) is 0. The molecule has 0 unspecified atom stereocenters. The van der Waals surface area contributed by atoms with Crippen LogP contribution in [-0.2, 0) is 0 Å². The van der Waals surface area contributed by atoms with E-state index >= 15 is 0 Å². The van der Waals surface area contributed by atoms with Gasteiger partial charge in [0.1, 0.15) is 5.69 Å². The van der Waals surface area contributed by atoms with Crippen LogP contribution in [0.5, 0.6) is 0 Å². The number of hydrogen-bond donors (Lipinski definition) is 0. The minimum Gasteiger partial charge on any atom is -0.284 e. The monoisotopic (exact) mass is 433 g/mol. The molecule has 0 radical (unpaired) electrons. The van der Waals surface area contributed by atoms with Gasteiger partial charge >= 0.3 is 16.9 Å². The van der Waals surface area contributed by atoms with E-state index in [1.54, 1.807) is 23.2 Å². The van der Waals surface area contributed by atoms with E-state index in [0.717, 1.165) is 35.9 Å². The molecule has 2 heterocycles. The summed E-state index contributed by atoms with van der Waals surface area (Å²) in [5.74, 6) is 0. The molecule has 0 bridgehead atoms. The van der Waals surface area contributed by atoms with Crippen LogP contribution in [0.1, 0.15) is 61.9 Å². The number of hydrogen-bond acceptors (Lipinski definition) is 5. The molecule has 2 aliphatic carbocycles. The molecule has 1 aromatic carbocycles. The second-order valence-electron chi connectivity index (χ2n) is 8.38. The Balaban J connectivity index is 1.61. The smallest absolute Gasteiger partial charge is 0.284 e. The number of nitro groups is 1. The zero-order valence-electron chi connectivity index (χ0n) is 17.5. The minimum absolute atomic E-state index is 0.0673. The largest absolute Gasteiger partial charge is 0.357 e. The predicted octanol–water partition coefficient (Wildman–Crippen LogP) is 3.72.